The molecule has 0 saturated heterocycles. The topological polar surface area (TPSA) is 88.1 Å². The summed E-state index contributed by atoms with van der Waals surface area (Å²) >= 11 is 0. The minimum absolute atomic E-state index is 0.0530. The maximum atomic E-state index is 13.8. The fraction of sp³-hybridized carbons (Fsp3) is 0. The van der Waals surface area contributed by atoms with Crippen molar-refractivity contribution in [1.82, 2.24) is 0 Å². The van der Waals surface area contributed by atoms with Crippen LogP contribution in [0.15, 0.2) is 42.5 Å². The SMILES string of the molecule is N#Cc1ccccc1Oc1ccc(NC(N)=O)cc1F. The number of nitrogens with two attached hydrogens (primary N) is 1. The predicted molar refractivity (Wildman–Crippen MR) is 70.8 cm³/mol. The summed E-state index contributed by atoms with van der Waals surface area (Å²) in [6.07, 6.45) is 0. The van der Waals surface area contributed by atoms with Crippen molar-refractivity contribution in [3.63, 3.8) is 0 Å². The first-order valence-corrected chi connectivity index (χ1v) is 5.63. The average Bonchev–Trinajstić information content (AvgIpc) is 2.42. The standard InChI is InChI=1S/C14H10FN3O2/c15-11-7-10(18-14(17)19)5-6-13(11)20-12-4-2-1-3-9(12)8-16/h1-7H,(H3,17,18,19). The number of rotatable bonds is 3. The van der Waals surface area contributed by atoms with Crippen molar-refractivity contribution in [1.29, 1.82) is 5.26 Å². The Morgan fingerprint density at radius 1 is 1.25 bits per heavy atom. The van der Waals surface area contributed by atoms with E-state index in [0.29, 0.717) is 5.56 Å². The van der Waals surface area contributed by atoms with Gasteiger partial charge in [-0.3, -0.25) is 0 Å². The van der Waals surface area contributed by atoms with E-state index in [1.807, 2.05) is 6.07 Å². The van der Waals surface area contributed by atoms with Gasteiger partial charge in [0.15, 0.2) is 11.6 Å². The van der Waals surface area contributed by atoms with Crippen molar-refractivity contribution < 1.29 is 13.9 Å². The molecule has 2 aromatic carbocycles. The molecule has 0 heterocycles. The Morgan fingerprint density at radius 3 is 2.65 bits per heavy atom. The lowest BCUT2D eigenvalue weighted by Gasteiger charge is -2.09. The fourth-order valence-electron chi connectivity index (χ4n) is 1.57. The molecule has 3 N–H and O–H groups in total. The van der Waals surface area contributed by atoms with Crippen molar-refractivity contribution in [3.8, 4) is 17.6 Å². The molecule has 20 heavy (non-hydrogen) atoms. The highest BCUT2D eigenvalue weighted by Gasteiger charge is 2.09. The summed E-state index contributed by atoms with van der Waals surface area (Å²) in [7, 11) is 0. The third-order valence-corrected chi connectivity index (χ3v) is 2.43. The van der Waals surface area contributed by atoms with Crippen LogP contribution in [-0.2, 0) is 0 Å². The maximum Gasteiger partial charge on any atom is 0.316 e. The normalized spacial score (nSPS) is 9.60. The Hall–Kier alpha value is -3.07. The Labute approximate surface area is 114 Å². The molecule has 0 bridgehead atoms. The van der Waals surface area contributed by atoms with Gasteiger partial charge < -0.3 is 15.8 Å². The van der Waals surface area contributed by atoms with E-state index < -0.39 is 11.8 Å². The zero-order valence-electron chi connectivity index (χ0n) is 10.3. The molecule has 0 atom stereocenters. The lowest BCUT2D eigenvalue weighted by Crippen LogP contribution is -2.19. The number of amides is 2. The van der Waals surface area contributed by atoms with Crippen LogP contribution in [0.3, 0.4) is 0 Å². The van der Waals surface area contributed by atoms with Crippen molar-refractivity contribution in [3.05, 3.63) is 53.8 Å². The number of anilines is 1. The number of benzene rings is 2. The van der Waals surface area contributed by atoms with Crippen LogP contribution in [0.5, 0.6) is 11.5 Å². The largest absolute Gasteiger partial charge is 0.453 e. The summed E-state index contributed by atoms with van der Waals surface area (Å²) in [5.74, 6) is -0.476. The molecule has 2 amide bonds. The van der Waals surface area contributed by atoms with Crippen molar-refractivity contribution in [2.24, 2.45) is 5.73 Å². The van der Waals surface area contributed by atoms with Crippen molar-refractivity contribution >= 4 is 11.7 Å². The Morgan fingerprint density at radius 2 is 2.00 bits per heavy atom. The highest BCUT2D eigenvalue weighted by molar-refractivity contribution is 5.87. The monoisotopic (exact) mass is 271 g/mol. The molecule has 0 aliphatic carbocycles. The number of nitriles is 1. The molecule has 0 saturated carbocycles. The number of carbonyl (C=O) groups is 1. The second kappa shape index (κ2) is 5.71. The fourth-order valence-corrected chi connectivity index (χ4v) is 1.57. The van der Waals surface area contributed by atoms with E-state index in [9.17, 15) is 9.18 Å². The van der Waals surface area contributed by atoms with Gasteiger partial charge in [-0.05, 0) is 24.3 Å². The number of nitrogens with zero attached hydrogens (tertiary/aromatic N) is 1. The van der Waals surface area contributed by atoms with Crippen LogP contribution in [0.1, 0.15) is 5.56 Å². The molecule has 100 valence electrons. The van der Waals surface area contributed by atoms with Gasteiger partial charge in [0.05, 0.1) is 5.56 Å². The number of carbonyl (C=O) groups excluding carboxylic acids is 1. The molecule has 0 aliphatic heterocycles. The van der Waals surface area contributed by atoms with Crippen LogP contribution in [0, 0.1) is 17.1 Å². The molecule has 0 spiro atoms. The van der Waals surface area contributed by atoms with E-state index in [4.69, 9.17) is 15.7 Å². The quantitative estimate of drug-likeness (QED) is 0.899. The molecule has 0 aliphatic rings. The van der Waals surface area contributed by atoms with E-state index in [1.165, 1.54) is 12.1 Å². The first-order chi connectivity index (χ1) is 9.60. The number of nitrogens with one attached hydrogen (secondary N) is 1. The molecule has 0 aromatic heterocycles. The summed E-state index contributed by atoms with van der Waals surface area (Å²) < 4.78 is 19.2. The van der Waals surface area contributed by atoms with Gasteiger partial charge in [0.25, 0.3) is 0 Å². The molecule has 2 rings (SSSR count). The summed E-state index contributed by atoms with van der Waals surface area (Å²) in [5.41, 5.74) is 5.45. The van der Waals surface area contributed by atoms with Gasteiger partial charge in [-0.2, -0.15) is 5.26 Å². The molecule has 0 radical (unpaired) electrons. The van der Waals surface area contributed by atoms with Gasteiger partial charge in [0, 0.05) is 11.8 Å². The molecule has 5 nitrogen and oxygen atoms in total. The summed E-state index contributed by atoms with van der Waals surface area (Å²) in [6, 6.07) is 11.5. The van der Waals surface area contributed by atoms with Gasteiger partial charge in [0.2, 0.25) is 0 Å². The van der Waals surface area contributed by atoms with Crippen LogP contribution in [-0.4, -0.2) is 6.03 Å². The number of ether oxygens (including phenoxy) is 1. The zero-order chi connectivity index (χ0) is 14.5. The summed E-state index contributed by atoms with van der Waals surface area (Å²) in [5, 5.41) is 11.2. The van der Waals surface area contributed by atoms with Gasteiger partial charge in [0.1, 0.15) is 11.8 Å². The first-order valence-electron chi connectivity index (χ1n) is 5.63. The van der Waals surface area contributed by atoms with E-state index in [1.54, 1.807) is 24.3 Å². The van der Waals surface area contributed by atoms with Gasteiger partial charge in [-0.15, -0.1) is 0 Å². The number of hydrogen-bond acceptors (Lipinski definition) is 3. The third kappa shape index (κ3) is 3.03. The lowest BCUT2D eigenvalue weighted by atomic mass is 10.2. The van der Waals surface area contributed by atoms with Crippen LogP contribution >= 0.6 is 0 Å². The Bertz CT molecular complexity index is 695. The highest BCUT2D eigenvalue weighted by Crippen LogP contribution is 2.28. The van der Waals surface area contributed by atoms with Gasteiger partial charge in [-0.1, -0.05) is 12.1 Å². The molecule has 0 unspecified atom stereocenters. The maximum absolute atomic E-state index is 13.8. The van der Waals surface area contributed by atoms with Crippen molar-refractivity contribution in [2.45, 2.75) is 0 Å². The number of urea groups is 1. The number of primary amides is 1. The smallest absolute Gasteiger partial charge is 0.316 e. The minimum Gasteiger partial charge on any atom is -0.453 e. The van der Waals surface area contributed by atoms with Crippen LogP contribution in [0.25, 0.3) is 0 Å². The molecular weight excluding hydrogens is 261 g/mol. The van der Waals surface area contributed by atoms with E-state index in [0.717, 1.165) is 6.07 Å². The first kappa shape index (κ1) is 13.4. The van der Waals surface area contributed by atoms with E-state index in [-0.39, 0.29) is 17.2 Å². The summed E-state index contributed by atoms with van der Waals surface area (Å²) in [6.45, 7) is 0. The van der Waals surface area contributed by atoms with E-state index >= 15 is 0 Å². The second-order valence-electron chi connectivity index (χ2n) is 3.84. The van der Waals surface area contributed by atoms with E-state index in [2.05, 4.69) is 5.32 Å². The second-order valence-corrected chi connectivity index (χ2v) is 3.84. The van der Waals surface area contributed by atoms with Gasteiger partial charge in [-0.25, -0.2) is 9.18 Å². The number of halogens is 1. The molecule has 0 fully saturated rings. The van der Waals surface area contributed by atoms with Gasteiger partial charge >= 0.3 is 6.03 Å². The number of para-hydroxylation sites is 1. The zero-order valence-corrected chi connectivity index (χ0v) is 10.3. The summed E-state index contributed by atoms with van der Waals surface area (Å²) in [4.78, 5) is 10.7. The predicted octanol–water partition coefficient (Wildman–Crippen LogP) is 2.98. The lowest BCUT2D eigenvalue weighted by molar-refractivity contribution is 0.259. The molecular formula is C14H10FN3O2. The highest BCUT2D eigenvalue weighted by atomic mass is 19.1. The van der Waals surface area contributed by atoms with Crippen LogP contribution in [0.4, 0.5) is 14.9 Å². The van der Waals surface area contributed by atoms with Crippen LogP contribution in [0.2, 0.25) is 0 Å². The molecule has 2 aromatic rings. The third-order valence-electron chi connectivity index (χ3n) is 2.43. The van der Waals surface area contributed by atoms with Crippen LogP contribution < -0.4 is 15.8 Å². The number of hydrogen-bond donors (Lipinski definition) is 2. The van der Waals surface area contributed by atoms with Crippen molar-refractivity contribution in [2.75, 3.05) is 5.32 Å². The Kier molecular flexibility index (Phi) is 3.82. The average molecular weight is 271 g/mol. The molecule has 6 heteroatoms. The minimum atomic E-state index is -0.784. The Balaban J connectivity index is 2.26.